The molecule has 98 valence electrons. The lowest BCUT2D eigenvalue weighted by Gasteiger charge is -2.12. The van der Waals surface area contributed by atoms with Crippen LogP contribution in [0.15, 0.2) is 12.2 Å². The quantitative estimate of drug-likeness (QED) is 0.470. The van der Waals surface area contributed by atoms with Crippen molar-refractivity contribution in [2.45, 2.75) is 51.2 Å². The third-order valence-electron chi connectivity index (χ3n) is 3.82. The Kier molecular flexibility index (Phi) is 4.43. The summed E-state index contributed by atoms with van der Waals surface area (Å²) >= 11 is 0. The van der Waals surface area contributed by atoms with Crippen LogP contribution in [-0.2, 0) is 9.53 Å². The van der Waals surface area contributed by atoms with Crippen LogP contribution in [0.4, 0.5) is 0 Å². The van der Waals surface area contributed by atoms with Gasteiger partial charge < -0.3 is 9.84 Å². The Bertz CT molecular complexity index is 388. The molecule has 1 saturated carbocycles. The molecule has 1 aliphatic heterocycles. The minimum Gasteiger partial charge on any atom is -0.462 e. The second kappa shape index (κ2) is 6.06. The van der Waals surface area contributed by atoms with Gasteiger partial charge in [-0.15, -0.1) is 11.8 Å². The maximum absolute atomic E-state index is 11.2. The predicted molar refractivity (Wildman–Crippen MR) is 68.5 cm³/mol. The fraction of sp³-hybridized carbons (Fsp3) is 0.667. The van der Waals surface area contributed by atoms with Crippen molar-refractivity contribution in [3.63, 3.8) is 0 Å². The Morgan fingerprint density at radius 2 is 2.39 bits per heavy atom. The van der Waals surface area contributed by atoms with E-state index < -0.39 is 6.10 Å². The molecule has 0 bridgehead atoms. The van der Waals surface area contributed by atoms with Crippen molar-refractivity contribution in [2.24, 2.45) is 11.8 Å². The molecule has 0 aromatic heterocycles. The van der Waals surface area contributed by atoms with E-state index in [0.29, 0.717) is 24.7 Å². The van der Waals surface area contributed by atoms with Crippen molar-refractivity contribution in [1.82, 2.24) is 0 Å². The van der Waals surface area contributed by atoms with E-state index >= 15 is 0 Å². The average molecular weight is 248 g/mol. The second-order valence-electron chi connectivity index (χ2n) is 5.06. The fourth-order valence-electron chi connectivity index (χ4n) is 2.85. The molecule has 1 N–H and O–H groups in total. The zero-order valence-electron chi connectivity index (χ0n) is 10.8. The summed E-state index contributed by atoms with van der Waals surface area (Å²) in [5.41, 5.74) is 0. The summed E-state index contributed by atoms with van der Waals surface area (Å²) in [5.74, 6) is 6.40. The number of carbonyl (C=O) groups is 1. The molecule has 1 aliphatic carbocycles. The first-order valence-electron chi connectivity index (χ1n) is 6.66. The number of aliphatic hydroxyl groups excluding tert-OH is 1. The first kappa shape index (κ1) is 13.2. The minimum absolute atomic E-state index is 0.0677. The monoisotopic (exact) mass is 248 g/mol. The predicted octanol–water partition coefficient (Wildman–Crippen LogP) is 2.05. The number of hydrogen-bond acceptors (Lipinski definition) is 3. The van der Waals surface area contributed by atoms with E-state index in [4.69, 9.17) is 4.74 Å². The molecule has 4 atom stereocenters. The van der Waals surface area contributed by atoms with Crippen LogP contribution in [0.2, 0.25) is 0 Å². The van der Waals surface area contributed by atoms with Crippen LogP contribution >= 0.6 is 0 Å². The fourth-order valence-corrected chi connectivity index (χ4v) is 2.85. The Labute approximate surface area is 108 Å². The summed E-state index contributed by atoms with van der Waals surface area (Å²) in [6.45, 7) is 1.80. The molecule has 0 spiro atoms. The van der Waals surface area contributed by atoms with Crippen molar-refractivity contribution in [1.29, 1.82) is 0 Å². The lowest BCUT2D eigenvalue weighted by Crippen LogP contribution is -2.12. The highest BCUT2D eigenvalue weighted by Crippen LogP contribution is 2.41. The highest BCUT2D eigenvalue weighted by Gasteiger charge is 2.43. The zero-order chi connectivity index (χ0) is 13.0. The first-order chi connectivity index (χ1) is 8.70. The van der Waals surface area contributed by atoms with Crippen LogP contribution in [0.25, 0.3) is 0 Å². The standard InChI is InChI=1S/C15H20O3/c1-2-3-4-5-12(16)8-6-11-7-9-14-13(11)10-15(17)18-14/h6,8,11-14,16H,4-5,7,9-10H2,1H3/b8-6+/t11-,12-,13+,14-/m0/s1. The topological polar surface area (TPSA) is 46.5 Å². The highest BCUT2D eigenvalue weighted by molar-refractivity contribution is 5.72. The Morgan fingerprint density at radius 1 is 1.56 bits per heavy atom. The van der Waals surface area contributed by atoms with Gasteiger partial charge in [-0.25, -0.2) is 0 Å². The van der Waals surface area contributed by atoms with Crippen LogP contribution in [-0.4, -0.2) is 23.3 Å². The third kappa shape index (κ3) is 3.14. The summed E-state index contributed by atoms with van der Waals surface area (Å²) in [5, 5.41) is 9.78. The van der Waals surface area contributed by atoms with Crippen molar-refractivity contribution in [3.8, 4) is 11.8 Å². The Morgan fingerprint density at radius 3 is 3.17 bits per heavy atom. The van der Waals surface area contributed by atoms with Crippen LogP contribution in [0.1, 0.15) is 39.0 Å². The SMILES string of the molecule is CC#CCC[C@H](O)/C=C/[C@H]1CC[C@@H]2OC(=O)C[C@@H]21. The molecular weight excluding hydrogens is 228 g/mol. The molecule has 2 fully saturated rings. The number of fused-ring (bicyclic) bond motifs is 1. The number of allylic oxidation sites excluding steroid dienone is 1. The van der Waals surface area contributed by atoms with Gasteiger partial charge in [0.15, 0.2) is 0 Å². The summed E-state index contributed by atoms with van der Waals surface area (Å²) in [6.07, 6.45) is 7.57. The molecule has 3 heteroatoms. The molecule has 0 aromatic rings. The van der Waals surface area contributed by atoms with Gasteiger partial charge in [0.05, 0.1) is 12.5 Å². The van der Waals surface area contributed by atoms with Gasteiger partial charge in [-0.05, 0) is 32.1 Å². The van der Waals surface area contributed by atoms with E-state index in [2.05, 4.69) is 17.9 Å². The largest absolute Gasteiger partial charge is 0.462 e. The first-order valence-corrected chi connectivity index (χ1v) is 6.66. The molecule has 0 aromatic carbocycles. The maximum Gasteiger partial charge on any atom is 0.306 e. The van der Waals surface area contributed by atoms with Gasteiger partial charge in [0.2, 0.25) is 0 Å². The van der Waals surface area contributed by atoms with Gasteiger partial charge >= 0.3 is 5.97 Å². The average Bonchev–Trinajstić information content (AvgIpc) is 2.86. The smallest absolute Gasteiger partial charge is 0.306 e. The van der Waals surface area contributed by atoms with E-state index in [1.165, 1.54) is 0 Å². The minimum atomic E-state index is -0.428. The zero-order valence-corrected chi connectivity index (χ0v) is 10.8. The summed E-state index contributed by atoms with van der Waals surface area (Å²) in [7, 11) is 0. The molecule has 1 heterocycles. The van der Waals surface area contributed by atoms with Gasteiger partial charge in [-0.2, -0.15) is 0 Å². The van der Waals surface area contributed by atoms with E-state index in [1.807, 2.05) is 6.08 Å². The van der Waals surface area contributed by atoms with Crippen molar-refractivity contribution in [3.05, 3.63) is 12.2 Å². The number of esters is 1. The van der Waals surface area contributed by atoms with E-state index in [-0.39, 0.29) is 12.1 Å². The van der Waals surface area contributed by atoms with E-state index in [0.717, 1.165) is 19.3 Å². The van der Waals surface area contributed by atoms with Gasteiger partial charge in [-0.3, -0.25) is 4.79 Å². The lowest BCUT2D eigenvalue weighted by molar-refractivity contribution is -0.141. The molecule has 2 aliphatic rings. The Hall–Kier alpha value is -1.27. The van der Waals surface area contributed by atoms with Gasteiger partial charge in [0.25, 0.3) is 0 Å². The molecule has 18 heavy (non-hydrogen) atoms. The van der Waals surface area contributed by atoms with Crippen LogP contribution in [0.5, 0.6) is 0 Å². The normalized spacial score (nSPS) is 31.9. The van der Waals surface area contributed by atoms with Gasteiger partial charge in [0, 0.05) is 12.3 Å². The molecular formula is C15H20O3. The van der Waals surface area contributed by atoms with Gasteiger partial charge in [0.1, 0.15) is 6.10 Å². The number of ether oxygens (including phenoxy) is 1. The van der Waals surface area contributed by atoms with Gasteiger partial charge in [-0.1, -0.05) is 12.2 Å². The molecule has 2 rings (SSSR count). The van der Waals surface area contributed by atoms with E-state index in [1.54, 1.807) is 6.92 Å². The number of aliphatic hydroxyl groups is 1. The summed E-state index contributed by atoms with van der Waals surface area (Å²) in [6, 6.07) is 0. The number of hydrogen-bond donors (Lipinski definition) is 1. The van der Waals surface area contributed by atoms with Crippen LogP contribution in [0.3, 0.4) is 0 Å². The molecule has 0 unspecified atom stereocenters. The highest BCUT2D eigenvalue weighted by atomic mass is 16.5. The Balaban J connectivity index is 1.81. The number of rotatable bonds is 4. The maximum atomic E-state index is 11.2. The summed E-state index contributed by atoms with van der Waals surface area (Å²) in [4.78, 5) is 11.2. The third-order valence-corrected chi connectivity index (χ3v) is 3.82. The van der Waals surface area contributed by atoms with Crippen LogP contribution < -0.4 is 0 Å². The number of carbonyl (C=O) groups excluding carboxylic acids is 1. The molecule has 1 saturated heterocycles. The van der Waals surface area contributed by atoms with E-state index in [9.17, 15) is 9.90 Å². The lowest BCUT2D eigenvalue weighted by atomic mass is 9.92. The van der Waals surface area contributed by atoms with Crippen molar-refractivity contribution < 1.29 is 14.6 Å². The molecule has 0 amide bonds. The van der Waals surface area contributed by atoms with Crippen molar-refractivity contribution >= 4 is 5.97 Å². The second-order valence-corrected chi connectivity index (χ2v) is 5.06. The van der Waals surface area contributed by atoms with Crippen LogP contribution in [0, 0.1) is 23.7 Å². The summed E-state index contributed by atoms with van der Waals surface area (Å²) < 4.78 is 5.25. The molecule has 3 nitrogen and oxygen atoms in total. The molecule has 0 radical (unpaired) electrons. The van der Waals surface area contributed by atoms with Crippen molar-refractivity contribution in [2.75, 3.05) is 0 Å².